The van der Waals surface area contributed by atoms with E-state index in [0.29, 0.717) is 32.0 Å². The Hall–Kier alpha value is -3.17. The molecule has 1 aliphatic heterocycles. The predicted octanol–water partition coefficient (Wildman–Crippen LogP) is 2.27. The van der Waals surface area contributed by atoms with Crippen molar-refractivity contribution >= 4 is 27.4 Å². The fourth-order valence-corrected chi connectivity index (χ4v) is 4.91. The number of sulfonamides is 1. The summed E-state index contributed by atoms with van der Waals surface area (Å²) >= 11 is 0. The van der Waals surface area contributed by atoms with Crippen molar-refractivity contribution in [2.45, 2.75) is 6.92 Å². The highest BCUT2D eigenvalue weighted by Gasteiger charge is 2.29. The van der Waals surface area contributed by atoms with Gasteiger partial charge in [0, 0.05) is 44.1 Å². The molecule has 162 valence electrons. The Morgan fingerprint density at radius 3 is 2.39 bits per heavy atom. The zero-order valence-electron chi connectivity index (χ0n) is 17.3. The van der Waals surface area contributed by atoms with Crippen LogP contribution >= 0.6 is 0 Å². The molecule has 8 nitrogen and oxygen atoms in total. The predicted molar refractivity (Wildman–Crippen MR) is 121 cm³/mol. The molecule has 0 radical (unpaired) electrons. The van der Waals surface area contributed by atoms with Crippen LogP contribution in [-0.4, -0.2) is 60.3 Å². The lowest BCUT2D eigenvalue weighted by Crippen LogP contribution is -2.50. The molecule has 0 spiro atoms. The molecule has 1 fully saturated rings. The first kappa shape index (κ1) is 21.1. The highest BCUT2D eigenvalue weighted by atomic mass is 32.2. The van der Waals surface area contributed by atoms with E-state index in [0.717, 1.165) is 11.4 Å². The quantitative estimate of drug-likeness (QED) is 0.637. The average Bonchev–Trinajstić information content (AvgIpc) is 3.22. The number of carbonyl (C=O) groups is 1. The number of rotatable bonds is 6. The Morgan fingerprint density at radius 1 is 0.968 bits per heavy atom. The minimum Gasteiger partial charge on any atom is -0.369 e. The number of amides is 1. The van der Waals surface area contributed by atoms with Gasteiger partial charge in [-0.2, -0.15) is 9.40 Å². The van der Waals surface area contributed by atoms with E-state index < -0.39 is 21.7 Å². The van der Waals surface area contributed by atoms with Crippen LogP contribution in [0, 0.1) is 6.92 Å². The number of para-hydroxylation sites is 1. The van der Waals surface area contributed by atoms with Crippen LogP contribution in [0.25, 0.3) is 5.69 Å². The molecule has 1 aliphatic rings. The molecule has 31 heavy (non-hydrogen) atoms. The van der Waals surface area contributed by atoms with E-state index in [-0.39, 0.29) is 0 Å². The van der Waals surface area contributed by atoms with Gasteiger partial charge in [-0.15, -0.1) is 0 Å². The maximum Gasteiger partial charge on any atom is 0.242 e. The van der Waals surface area contributed by atoms with Gasteiger partial charge in [-0.3, -0.25) is 4.79 Å². The van der Waals surface area contributed by atoms with Gasteiger partial charge in [-0.05, 0) is 36.8 Å². The molecule has 9 heteroatoms. The van der Waals surface area contributed by atoms with Gasteiger partial charge < -0.3 is 10.2 Å². The molecule has 4 rings (SSSR count). The van der Waals surface area contributed by atoms with Crippen molar-refractivity contribution in [2.24, 2.45) is 0 Å². The summed E-state index contributed by atoms with van der Waals surface area (Å²) in [6.07, 6.45) is 1.71. The summed E-state index contributed by atoms with van der Waals surface area (Å²) in [5.74, 6) is -0.886. The van der Waals surface area contributed by atoms with E-state index in [2.05, 4.69) is 21.4 Å². The number of piperazine rings is 1. The normalized spacial score (nSPS) is 15.1. The number of aromatic nitrogens is 2. The fraction of sp³-hybridized carbons (Fsp3) is 0.273. The topological polar surface area (TPSA) is 87.5 Å². The Labute approximate surface area is 182 Å². The summed E-state index contributed by atoms with van der Waals surface area (Å²) in [6, 6.07) is 19.2. The van der Waals surface area contributed by atoms with Crippen molar-refractivity contribution in [1.29, 1.82) is 0 Å². The number of anilines is 2. The van der Waals surface area contributed by atoms with Gasteiger partial charge in [-0.25, -0.2) is 13.1 Å². The lowest BCUT2D eigenvalue weighted by molar-refractivity contribution is -0.114. The maximum atomic E-state index is 12.7. The van der Waals surface area contributed by atoms with Gasteiger partial charge in [0.25, 0.3) is 0 Å². The smallest absolute Gasteiger partial charge is 0.242 e. The number of hydrogen-bond donors (Lipinski definition) is 1. The van der Waals surface area contributed by atoms with E-state index in [1.54, 1.807) is 16.9 Å². The van der Waals surface area contributed by atoms with Crippen LogP contribution in [0.5, 0.6) is 0 Å². The van der Waals surface area contributed by atoms with Crippen LogP contribution in [0.2, 0.25) is 0 Å². The van der Waals surface area contributed by atoms with Gasteiger partial charge in [0.15, 0.2) is 5.82 Å². The molecule has 0 bridgehead atoms. The highest BCUT2D eigenvalue weighted by Crippen LogP contribution is 2.19. The van der Waals surface area contributed by atoms with Crippen molar-refractivity contribution in [3.05, 3.63) is 72.4 Å². The second-order valence-corrected chi connectivity index (χ2v) is 9.48. The van der Waals surface area contributed by atoms with E-state index in [1.165, 1.54) is 9.87 Å². The lowest BCUT2D eigenvalue weighted by Gasteiger charge is -2.35. The molecule has 0 aliphatic carbocycles. The van der Waals surface area contributed by atoms with E-state index in [4.69, 9.17) is 0 Å². The van der Waals surface area contributed by atoms with Gasteiger partial charge in [0.05, 0.1) is 5.69 Å². The SMILES string of the molecule is Cc1cccc(N2CCN(S(=O)(=O)CC(=O)Nc3ccn(-c4ccccc4)n3)CC2)c1. The Bertz CT molecular complexity index is 1150. The van der Waals surface area contributed by atoms with Crippen LogP contribution < -0.4 is 10.2 Å². The number of aryl methyl sites for hydroxylation is 1. The number of nitrogens with one attached hydrogen (secondary N) is 1. The monoisotopic (exact) mass is 439 g/mol. The van der Waals surface area contributed by atoms with Gasteiger partial charge in [0.1, 0.15) is 5.75 Å². The van der Waals surface area contributed by atoms with E-state index in [9.17, 15) is 13.2 Å². The summed E-state index contributed by atoms with van der Waals surface area (Å²) < 4.78 is 28.5. The standard InChI is InChI=1S/C22H25N5O3S/c1-18-6-5-9-20(16-18)25-12-14-26(15-13-25)31(29,30)17-22(28)23-21-10-11-27(24-21)19-7-3-2-4-8-19/h2-11,16H,12-15,17H2,1H3,(H,23,24,28). The van der Waals surface area contributed by atoms with Crippen LogP contribution in [-0.2, 0) is 14.8 Å². The van der Waals surface area contributed by atoms with Crippen molar-refractivity contribution in [2.75, 3.05) is 42.1 Å². The van der Waals surface area contributed by atoms with Gasteiger partial charge >= 0.3 is 0 Å². The van der Waals surface area contributed by atoms with Crippen molar-refractivity contribution in [3.63, 3.8) is 0 Å². The minimum atomic E-state index is -3.70. The first-order chi connectivity index (χ1) is 14.9. The molecule has 2 aromatic carbocycles. The summed E-state index contributed by atoms with van der Waals surface area (Å²) in [6.45, 7) is 3.92. The number of nitrogens with zero attached hydrogens (tertiary/aromatic N) is 4. The molecule has 0 saturated carbocycles. The van der Waals surface area contributed by atoms with Crippen LogP contribution in [0.3, 0.4) is 0 Å². The number of carbonyl (C=O) groups excluding carboxylic acids is 1. The fourth-order valence-electron chi connectivity index (χ4n) is 3.60. The van der Waals surface area contributed by atoms with Crippen LogP contribution in [0.15, 0.2) is 66.9 Å². The molecule has 0 unspecified atom stereocenters. The number of benzene rings is 2. The van der Waals surface area contributed by atoms with E-state index >= 15 is 0 Å². The molecular formula is C22H25N5O3S. The summed E-state index contributed by atoms with van der Waals surface area (Å²) in [4.78, 5) is 14.5. The molecule has 3 aromatic rings. The third-order valence-corrected chi connectivity index (χ3v) is 6.97. The van der Waals surface area contributed by atoms with Crippen molar-refractivity contribution in [3.8, 4) is 5.69 Å². The summed E-state index contributed by atoms with van der Waals surface area (Å²) in [5.41, 5.74) is 3.10. The zero-order chi connectivity index (χ0) is 21.8. The minimum absolute atomic E-state index is 0.313. The summed E-state index contributed by atoms with van der Waals surface area (Å²) in [5, 5.41) is 6.86. The molecular weight excluding hydrogens is 414 g/mol. The van der Waals surface area contributed by atoms with Crippen molar-refractivity contribution < 1.29 is 13.2 Å². The maximum absolute atomic E-state index is 12.7. The Morgan fingerprint density at radius 2 is 1.68 bits per heavy atom. The van der Waals surface area contributed by atoms with Crippen LogP contribution in [0.4, 0.5) is 11.5 Å². The van der Waals surface area contributed by atoms with Gasteiger partial charge in [0.2, 0.25) is 15.9 Å². The molecule has 1 saturated heterocycles. The highest BCUT2D eigenvalue weighted by molar-refractivity contribution is 7.89. The Balaban J connectivity index is 1.33. The molecule has 2 heterocycles. The largest absolute Gasteiger partial charge is 0.369 e. The van der Waals surface area contributed by atoms with Gasteiger partial charge in [-0.1, -0.05) is 30.3 Å². The molecule has 0 atom stereocenters. The molecule has 1 amide bonds. The first-order valence-electron chi connectivity index (χ1n) is 10.1. The molecule has 1 aromatic heterocycles. The molecule has 1 N–H and O–H groups in total. The Kier molecular flexibility index (Phi) is 6.06. The summed E-state index contributed by atoms with van der Waals surface area (Å²) in [7, 11) is -3.70. The number of hydrogen-bond acceptors (Lipinski definition) is 5. The third kappa shape index (κ3) is 5.12. The van der Waals surface area contributed by atoms with Crippen molar-refractivity contribution in [1.82, 2.24) is 14.1 Å². The second kappa shape index (κ2) is 8.91. The lowest BCUT2D eigenvalue weighted by atomic mass is 10.2. The second-order valence-electron chi connectivity index (χ2n) is 7.51. The zero-order valence-corrected chi connectivity index (χ0v) is 18.1. The van der Waals surface area contributed by atoms with E-state index in [1.807, 2.05) is 55.5 Å². The average molecular weight is 440 g/mol. The first-order valence-corrected chi connectivity index (χ1v) is 11.7. The third-order valence-electron chi connectivity index (χ3n) is 5.19. The van der Waals surface area contributed by atoms with Crippen LogP contribution in [0.1, 0.15) is 5.56 Å².